The maximum Gasteiger partial charge on any atom is 0.321 e. The smallest absolute Gasteiger partial charge is 0.321 e. The maximum absolute atomic E-state index is 11.4. The molecule has 3 N–H and O–H groups in total. The zero-order valence-corrected chi connectivity index (χ0v) is 12.8. The van der Waals surface area contributed by atoms with E-state index in [0.29, 0.717) is 11.0 Å². The number of carbonyl (C=O) groups excluding carboxylic acids is 1. The third kappa shape index (κ3) is 4.24. The summed E-state index contributed by atoms with van der Waals surface area (Å²) in [6, 6.07) is 7.75. The average Bonchev–Trinajstić information content (AvgIpc) is 2.93. The summed E-state index contributed by atoms with van der Waals surface area (Å²) in [6.07, 6.45) is 0. The van der Waals surface area contributed by atoms with Gasteiger partial charge in [0.15, 0.2) is 0 Å². The van der Waals surface area contributed by atoms with E-state index in [9.17, 15) is 4.79 Å². The minimum Gasteiger partial charge on any atom is -0.395 e. The summed E-state index contributed by atoms with van der Waals surface area (Å²) in [5.41, 5.74) is 2.24. The fourth-order valence-electron chi connectivity index (χ4n) is 1.71. The first kappa shape index (κ1) is 15.4. The first-order valence-electron chi connectivity index (χ1n) is 6.69. The Morgan fingerprint density at radius 3 is 2.62 bits per heavy atom. The molecule has 0 saturated carbocycles. The van der Waals surface area contributed by atoms with E-state index >= 15 is 0 Å². The molecule has 2 rings (SSSR count). The molecule has 1 aromatic heterocycles. The molecule has 1 heterocycles. The van der Waals surface area contributed by atoms with Crippen LogP contribution in [-0.2, 0) is 0 Å². The van der Waals surface area contributed by atoms with E-state index in [0.717, 1.165) is 10.6 Å². The van der Waals surface area contributed by atoms with E-state index in [-0.39, 0.29) is 13.2 Å². The van der Waals surface area contributed by atoms with Crippen molar-refractivity contribution >= 4 is 22.5 Å². The van der Waals surface area contributed by atoms with E-state index in [4.69, 9.17) is 5.11 Å². The third-order valence-electron chi connectivity index (χ3n) is 2.87. The van der Waals surface area contributed by atoms with Crippen molar-refractivity contribution in [1.29, 1.82) is 0 Å². The lowest BCUT2D eigenvalue weighted by Crippen LogP contribution is -2.30. The van der Waals surface area contributed by atoms with Crippen molar-refractivity contribution in [2.45, 2.75) is 19.8 Å². The number of anilines is 1. The van der Waals surface area contributed by atoms with Gasteiger partial charge in [-0.15, -0.1) is 10.2 Å². The molecule has 6 nitrogen and oxygen atoms in total. The predicted molar refractivity (Wildman–Crippen MR) is 83.5 cm³/mol. The molecule has 0 bridgehead atoms. The molecule has 1 aromatic carbocycles. The Bertz CT molecular complexity index is 595. The van der Waals surface area contributed by atoms with Gasteiger partial charge in [0.1, 0.15) is 5.01 Å². The van der Waals surface area contributed by atoms with E-state index in [1.165, 1.54) is 16.9 Å². The Labute approximate surface area is 127 Å². The Balaban J connectivity index is 2.03. The number of amides is 2. The fourth-order valence-corrected chi connectivity index (χ4v) is 2.46. The van der Waals surface area contributed by atoms with Crippen LogP contribution in [0.1, 0.15) is 25.3 Å². The lowest BCUT2D eigenvalue weighted by Gasteiger charge is -2.04. The predicted octanol–water partition coefficient (Wildman–Crippen LogP) is 2.44. The molecule has 0 fully saturated rings. The summed E-state index contributed by atoms with van der Waals surface area (Å²) in [6.45, 7) is 4.39. The quantitative estimate of drug-likeness (QED) is 0.792. The molecule has 2 aromatic rings. The van der Waals surface area contributed by atoms with E-state index in [1.54, 1.807) is 0 Å². The van der Waals surface area contributed by atoms with Crippen molar-refractivity contribution in [3.8, 4) is 10.6 Å². The zero-order chi connectivity index (χ0) is 15.2. The summed E-state index contributed by atoms with van der Waals surface area (Å²) >= 11 is 1.31. The van der Waals surface area contributed by atoms with Gasteiger partial charge in [-0.2, -0.15) is 0 Å². The highest BCUT2D eigenvalue weighted by Crippen LogP contribution is 2.27. The first-order chi connectivity index (χ1) is 10.1. The highest BCUT2D eigenvalue weighted by molar-refractivity contribution is 7.18. The molecule has 0 aliphatic rings. The summed E-state index contributed by atoms with van der Waals surface area (Å²) in [4.78, 5) is 11.4. The number of hydrogen-bond donors (Lipinski definition) is 3. The second-order valence-electron chi connectivity index (χ2n) is 4.79. The van der Waals surface area contributed by atoms with Gasteiger partial charge < -0.3 is 10.4 Å². The normalized spacial score (nSPS) is 10.7. The van der Waals surface area contributed by atoms with Crippen LogP contribution < -0.4 is 10.6 Å². The van der Waals surface area contributed by atoms with Crippen LogP contribution in [0.2, 0.25) is 0 Å². The molecule has 7 heteroatoms. The van der Waals surface area contributed by atoms with Gasteiger partial charge in [-0.05, 0) is 11.5 Å². The van der Waals surface area contributed by atoms with Gasteiger partial charge >= 0.3 is 6.03 Å². The number of nitrogens with zero attached hydrogens (tertiary/aromatic N) is 2. The molecule has 112 valence electrons. The van der Waals surface area contributed by atoms with Gasteiger partial charge in [-0.25, -0.2) is 4.79 Å². The van der Waals surface area contributed by atoms with Gasteiger partial charge in [0.2, 0.25) is 5.13 Å². The molecule has 0 saturated heterocycles. The molecule has 0 spiro atoms. The van der Waals surface area contributed by atoms with Crippen molar-refractivity contribution in [2.75, 3.05) is 18.5 Å². The first-order valence-corrected chi connectivity index (χ1v) is 7.51. The van der Waals surface area contributed by atoms with Crippen molar-refractivity contribution in [1.82, 2.24) is 15.5 Å². The summed E-state index contributed by atoms with van der Waals surface area (Å²) < 4.78 is 0. The molecule has 0 atom stereocenters. The van der Waals surface area contributed by atoms with E-state index in [2.05, 4.69) is 46.8 Å². The van der Waals surface area contributed by atoms with E-state index < -0.39 is 6.03 Å². The molecule has 0 radical (unpaired) electrons. The molecule has 0 aliphatic heterocycles. The van der Waals surface area contributed by atoms with Crippen LogP contribution in [0.4, 0.5) is 9.93 Å². The average molecular weight is 306 g/mol. The summed E-state index contributed by atoms with van der Waals surface area (Å²) in [5.74, 6) is 0.487. The Morgan fingerprint density at radius 2 is 2.00 bits per heavy atom. The lowest BCUT2D eigenvalue weighted by molar-refractivity contribution is 0.245. The highest BCUT2D eigenvalue weighted by atomic mass is 32.1. The summed E-state index contributed by atoms with van der Waals surface area (Å²) in [5, 5.41) is 22.9. The zero-order valence-electron chi connectivity index (χ0n) is 12.0. The monoisotopic (exact) mass is 306 g/mol. The molecule has 0 aliphatic carbocycles. The van der Waals surface area contributed by atoms with Crippen molar-refractivity contribution in [3.63, 3.8) is 0 Å². The van der Waals surface area contributed by atoms with E-state index in [1.807, 2.05) is 12.1 Å². The lowest BCUT2D eigenvalue weighted by atomic mass is 10.0. The number of nitrogens with one attached hydrogen (secondary N) is 2. The SMILES string of the molecule is CC(C)c1ccc(-c2nnc(NC(=O)NCCO)s2)cc1. The molecular formula is C14H18N4O2S. The number of aliphatic hydroxyl groups excluding tert-OH is 1. The van der Waals surface area contributed by atoms with Gasteiger partial charge in [-0.3, -0.25) is 5.32 Å². The number of benzene rings is 1. The number of urea groups is 1. The van der Waals surface area contributed by atoms with Crippen LogP contribution in [0.25, 0.3) is 10.6 Å². The molecule has 2 amide bonds. The van der Waals surface area contributed by atoms with Gasteiger partial charge in [0.25, 0.3) is 0 Å². The molecule has 0 unspecified atom stereocenters. The van der Waals surface area contributed by atoms with Crippen molar-refractivity contribution in [2.24, 2.45) is 0 Å². The Hall–Kier alpha value is -1.99. The van der Waals surface area contributed by atoms with Crippen LogP contribution in [0.5, 0.6) is 0 Å². The van der Waals surface area contributed by atoms with Crippen molar-refractivity contribution < 1.29 is 9.90 Å². The number of aliphatic hydroxyl groups is 1. The highest BCUT2D eigenvalue weighted by Gasteiger charge is 2.09. The maximum atomic E-state index is 11.4. The second-order valence-corrected chi connectivity index (χ2v) is 5.77. The van der Waals surface area contributed by atoms with Gasteiger partial charge in [0.05, 0.1) is 6.61 Å². The molecule has 21 heavy (non-hydrogen) atoms. The second kappa shape index (κ2) is 7.14. The Kier molecular flexibility index (Phi) is 5.24. The standard InChI is InChI=1S/C14H18N4O2S/c1-9(2)10-3-5-11(6-4-10)12-17-18-14(21-12)16-13(20)15-7-8-19/h3-6,9,19H,7-8H2,1-2H3,(H2,15,16,18,20). The van der Waals surface area contributed by atoms with Crippen LogP contribution in [-0.4, -0.2) is 34.5 Å². The van der Waals surface area contributed by atoms with Crippen molar-refractivity contribution in [3.05, 3.63) is 29.8 Å². The minimum absolute atomic E-state index is 0.100. The van der Waals surface area contributed by atoms with Crippen LogP contribution in [0.3, 0.4) is 0 Å². The van der Waals surface area contributed by atoms with Crippen LogP contribution in [0.15, 0.2) is 24.3 Å². The van der Waals surface area contributed by atoms with Crippen LogP contribution in [0, 0.1) is 0 Å². The largest absolute Gasteiger partial charge is 0.395 e. The van der Waals surface area contributed by atoms with Gasteiger partial charge in [0, 0.05) is 12.1 Å². The minimum atomic E-state index is -0.401. The Morgan fingerprint density at radius 1 is 1.29 bits per heavy atom. The van der Waals surface area contributed by atoms with Gasteiger partial charge in [-0.1, -0.05) is 49.4 Å². The van der Waals surface area contributed by atoms with Crippen LogP contribution >= 0.6 is 11.3 Å². The number of rotatable bonds is 5. The molecular weight excluding hydrogens is 288 g/mol. The number of aromatic nitrogens is 2. The number of hydrogen-bond acceptors (Lipinski definition) is 5. The fraction of sp³-hybridized carbons (Fsp3) is 0.357. The number of carbonyl (C=O) groups is 1. The topological polar surface area (TPSA) is 87.1 Å². The summed E-state index contributed by atoms with van der Waals surface area (Å²) in [7, 11) is 0. The third-order valence-corrected chi connectivity index (χ3v) is 3.75.